The highest BCUT2D eigenvalue weighted by molar-refractivity contribution is 6.08. The Morgan fingerprint density at radius 1 is 0.714 bits per heavy atom. The molecule has 136 valence electrons. The van der Waals surface area contributed by atoms with Gasteiger partial charge in [0.2, 0.25) is 5.69 Å². The number of fused-ring (bicyclic) bond motifs is 3. The highest BCUT2D eigenvalue weighted by Gasteiger charge is 2.13. The Morgan fingerprint density at radius 2 is 1.43 bits per heavy atom. The predicted molar refractivity (Wildman–Crippen MR) is 117 cm³/mol. The van der Waals surface area contributed by atoms with Gasteiger partial charge in [0.1, 0.15) is 7.05 Å². The molecule has 0 bridgehead atoms. The fourth-order valence-electron chi connectivity index (χ4n) is 4.27. The zero-order valence-electron chi connectivity index (χ0n) is 16.5. The predicted octanol–water partition coefficient (Wildman–Crippen LogP) is 5.80. The first-order chi connectivity index (χ1) is 13.6. The van der Waals surface area contributed by atoms with E-state index in [0.717, 1.165) is 0 Å². The SMILES string of the molecule is Cc1cc(-c2ccc3c4ccccc4n(C)c3c2)ccc1-c1cccc[n+]1C. The van der Waals surface area contributed by atoms with Gasteiger partial charge in [-0.2, -0.15) is 0 Å². The van der Waals surface area contributed by atoms with Gasteiger partial charge in [-0.05, 0) is 47.9 Å². The molecule has 0 spiro atoms. The number of aromatic nitrogens is 2. The molecular formula is C26H23N2+. The third kappa shape index (κ3) is 2.53. The molecule has 3 aromatic carbocycles. The summed E-state index contributed by atoms with van der Waals surface area (Å²) < 4.78 is 4.46. The van der Waals surface area contributed by atoms with Crippen LogP contribution in [0.2, 0.25) is 0 Å². The second-order valence-electron chi connectivity index (χ2n) is 7.53. The summed E-state index contributed by atoms with van der Waals surface area (Å²) in [5.41, 5.74) is 8.86. The van der Waals surface area contributed by atoms with Crippen molar-refractivity contribution < 1.29 is 4.57 Å². The van der Waals surface area contributed by atoms with Crippen molar-refractivity contribution in [1.29, 1.82) is 0 Å². The van der Waals surface area contributed by atoms with E-state index in [2.05, 4.69) is 115 Å². The third-order valence-corrected chi connectivity index (χ3v) is 5.81. The number of nitrogens with zero attached hydrogens (tertiary/aromatic N) is 2. The van der Waals surface area contributed by atoms with Crippen molar-refractivity contribution in [3.8, 4) is 22.4 Å². The summed E-state index contributed by atoms with van der Waals surface area (Å²) in [6.45, 7) is 2.20. The molecule has 0 aliphatic heterocycles. The minimum absolute atomic E-state index is 1.23. The van der Waals surface area contributed by atoms with Crippen LogP contribution in [0.15, 0.2) is 85.1 Å². The van der Waals surface area contributed by atoms with Crippen LogP contribution in [0.4, 0.5) is 0 Å². The van der Waals surface area contributed by atoms with Gasteiger partial charge in [-0.15, -0.1) is 0 Å². The van der Waals surface area contributed by atoms with Crippen LogP contribution in [0.5, 0.6) is 0 Å². The molecule has 2 aromatic heterocycles. The molecule has 5 aromatic rings. The van der Waals surface area contributed by atoms with Gasteiger partial charge in [0, 0.05) is 46.5 Å². The van der Waals surface area contributed by atoms with Gasteiger partial charge in [0.15, 0.2) is 6.20 Å². The summed E-state index contributed by atoms with van der Waals surface area (Å²) in [6.07, 6.45) is 2.09. The van der Waals surface area contributed by atoms with Gasteiger partial charge >= 0.3 is 0 Å². The Bertz CT molecular complexity index is 1340. The van der Waals surface area contributed by atoms with Crippen molar-refractivity contribution in [3.05, 3.63) is 90.6 Å². The number of hydrogen-bond donors (Lipinski definition) is 0. The van der Waals surface area contributed by atoms with Gasteiger partial charge in [-0.25, -0.2) is 4.57 Å². The molecule has 0 fully saturated rings. The molecule has 0 N–H and O–H groups in total. The Kier molecular flexibility index (Phi) is 3.80. The van der Waals surface area contributed by atoms with Gasteiger partial charge in [-0.1, -0.05) is 42.5 Å². The summed E-state index contributed by atoms with van der Waals surface area (Å²) in [5, 5.41) is 2.63. The van der Waals surface area contributed by atoms with Crippen molar-refractivity contribution in [2.45, 2.75) is 6.92 Å². The van der Waals surface area contributed by atoms with E-state index >= 15 is 0 Å². The van der Waals surface area contributed by atoms with Gasteiger partial charge in [0.05, 0.1) is 0 Å². The van der Waals surface area contributed by atoms with Crippen molar-refractivity contribution in [2.75, 3.05) is 0 Å². The minimum atomic E-state index is 1.23. The number of rotatable bonds is 2. The maximum Gasteiger partial charge on any atom is 0.212 e. The topological polar surface area (TPSA) is 8.81 Å². The van der Waals surface area contributed by atoms with Crippen LogP contribution in [0, 0.1) is 6.92 Å². The number of benzene rings is 3. The summed E-state index contributed by atoms with van der Waals surface area (Å²) in [7, 11) is 4.24. The van der Waals surface area contributed by atoms with Crippen LogP contribution in [-0.2, 0) is 14.1 Å². The number of pyridine rings is 1. The summed E-state index contributed by atoms with van der Waals surface area (Å²) in [6, 6.07) is 28.5. The minimum Gasteiger partial charge on any atom is -0.344 e. The Hall–Kier alpha value is -3.39. The molecular weight excluding hydrogens is 340 g/mol. The maximum atomic E-state index is 2.31. The highest BCUT2D eigenvalue weighted by atomic mass is 14.9. The molecule has 5 rings (SSSR count). The second-order valence-corrected chi connectivity index (χ2v) is 7.53. The average Bonchev–Trinajstić information content (AvgIpc) is 3.01. The van der Waals surface area contributed by atoms with E-state index in [1.807, 2.05) is 0 Å². The first kappa shape index (κ1) is 16.8. The van der Waals surface area contributed by atoms with Crippen LogP contribution in [0.1, 0.15) is 5.56 Å². The molecule has 0 saturated carbocycles. The largest absolute Gasteiger partial charge is 0.344 e. The van der Waals surface area contributed by atoms with E-state index in [1.165, 1.54) is 49.8 Å². The first-order valence-corrected chi connectivity index (χ1v) is 9.67. The molecule has 28 heavy (non-hydrogen) atoms. The second kappa shape index (κ2) is 6.35. The van der Waals surface area contributed by atoms with Gasteiger partial charge in [0.25, 0.3) is 0 Å². The van der Waals surface area contributed by atoms with Crippen LogP contribution in [0.3, 0.4) is 0 Å². The smallest absolute Gasteiger partial charge is 0.212 e. The first-order valence-electron chi connectivity index (χ1n) is 9.67. The molecule has 2 heterocycles. The zero-order chi connectivity index (χ0) is 19.3. The van der Waals surface area contributed by atoms with E-state index < -0.39 is 0 Å². The summed E-state index contributed by atoms with van der Waals surface area (Å²) in [4.78, 5) is 0. The van der Waals surface area contributed by atoms with Crippen molar-refractivity contribution in [2.24, 2.45) is 14.1 Å². The molecule has 0 atom stereocenters. The average molecular weight is 363 g/mol. The Labute approximate surface area is 165 Å². The fourth-order valence-corrected chi connectivity index (χ4v) is 4.27. The lowest BCUT2D eigenvalue weighted by Crippen LogP contribution is -2.30. The molecule has 0 unspecified atom stereocenters. The van der Waals surface area contributed by atoms with Crippen LogP contribution < -0.4 is 4.57 Å². The van der Waals surface area contributed by atoms with Crippen LogP contribution >= 0.6 is 0 Å². The van der Waals surface area contributed by atoms with Crippen LogP contribution in [-0.4, -0.2) is 4.57 Å². The van der Waals surface area contributed by atoms with E-state index in [0.29, 0.717) is 0 Å². The maximum absolute atomic E-state index is 2.31. The molecule has 2 nitrogen and oxygen atoms in total. The standard InChI is InChI=1S/C26H23N2/c1-18-16-19(11-13-21(18)24-9-6-7-15-27(24)2)20-12-14-23-22-8-4-5-10-25(22)28(3)26(23)17-20/h4-17H,1-3H3/q+1. The molecule has 2 heteroatoms. The molecule has 0 saturated heterocycles. The van der Waals surface area contributed by atoms with E-state index in [4.69, 9.17) is 0 Å². The quantitative estimate of drug-likeness (QED) is 0.351. The highest BCUT2D eigenvalue weighted by Crippen LogP contribution is 2.33. The fraction of sp³-hybridized carbons (Fsp3) is 0.115. The molecule has 0 aliphatic rings. The number of aryl methyl sites for hydroxylation is 3. The van der Waals surface area contributed by atoms with E-state index in [-0.39, 0.29) is 0 Å². The summed E-state index contributed by atoms with van der Waals surface area (Å²) >= 11 is 0. The Balaban J connectivity index is 1.64. The zero-order valence-corrected chi connectivity index (χ0v) is 16.5. The molecule has 0 amide bonds. The van der Waals surface area contributed by atoms with E-state index in [1.54, 1.807) is 0 Å². The lowest BCUT2D eigenvalue weighted by Gasteiger charge is -2.09. The summed E-state index contributed by atoms with van der Waals surface area (Å²) in [5.74, 6) is 0. The lowest BCUT2D eigenvalue weighted by atomic mass is 9.97. The molecule has 0 radical (unpaired) electrons. The number of hydrogen-bond acceptors (Lipinski definition) is 0. The lowest BCUT2D eigenvalue weighted by molar-refractivity contribution is -0.660. The third-order valence-electron chi connectivity index (χ3n) is 5.81. The van der Waals surface area contributed by atoms with Gasteiger partial charge in [-0.3, -0.25) is 0 Å². The van der Waals surface area contributed by atoms with Crippen molar-refractivity contribution in [3.63, 3.8) is 0 Å². The van der Waals surface area contributed by atoms with Crippen molar-refractivity contribution >= 4 is 21.8 Å². The van der Waals surface area contributed by atoms with Crippen LogP contribution in [0.25, 0.3) is 44.2 Å². The monoisotopic (exact) mass is 363 g/mol. The van der Waals surface area contributed by atoms with Gasteiger partial charge < -0.3 is 4.57 Å². The number of para-hydroxylation sites is 1. The van der Waals surface area contributed by atoms with E-state index in [9.17, 15) is 0 Å². The molecule has 0 aliphatic carbocycles. The Morgan fingerprint density at radius 3 is 2.25 bits per heavy atom. The normalized spacial score (nSPS) is 11.4. The van der Waals surface area contributed by atoms with Crippen molar-refractivity contribution in [1.82, 2.24) is 4.57 Å².